The molecule has 0 bridgehead atoms. The van der Waals surface area contributed by atoms with E-state index in [-0.39, 0.29) is 5.92 Å². The number of hydrogen-bond acceptors (Lipinski definition) is 5. The van der Waals surface area contributed by atoms with Gasteiger partial charge in [0.05, 0.1) is 5.92 Å². The van der Waals surface area contributed by atoms with E-state index in [2.05, 4.69) is 140 Å². The third-order valence-electron chi connectivity index (χ3n) is 11.7. The van der Waals surface area contributed by atoms with Crippen LogP contribution in [-0.2, 0) is 0 Å². The zero-order valence-electron chi connectivity index (χ0n) is 31.3. The molecule has 0 N–H and O–H groups in total. The average molecular weight is 744 g/mol. The molecule has 0 saturated heterocycles. The summed E-state index contributed by atoms with van der Waals surface area (Å²) < 4.78 is 13.0. The Morgan fingerprint density at radius 1 is 0.431 bits per heavy atom. The number of rotatable bonds is 5. The normalized spacial score (nSPS) is 14.1. The second-order valence-corrected chi connectivity index (χ2v) is 15.1. The molecule has 3 aromatic heterocycles. The first kappa shape index (κ1) is 32.6. The predicted octanol–water partition coefficient (Wildman–Crippen LogP) is 13.9. The molecule has 0 spiro atoms. The summed E-state index contributed by atoms with van der Waals surface area (Å²) >= 11 is 0. The maximum absolute atomic E-state index is 6.63. The Bertz CT molecular complexity index is 3450. The molecule has 11 aromatic rings. The SMILES string of the molecule is C1=C(c2ccc3ccccc3c2)CC(c2nc(-c3ccc(-c4ccc5ccccc5c4)cc3)nc(-c3cccc4oc5ccccc5c34)n2)c2c1oc1ccccc21. The topological polar surface area (TPSA) is 65.0 Å². The molecule has 272 valence electrons. The zero-order chi connectivity index (χ0) is 38.2. The van der Waals surface area contributed by atoms with E-state index in [1.165, 1.54) is 27.1 Å². The summed E-state index contributed by atoms with van der Waals surface area (Å²) in [6, 6.07) is 61.4. The summed E-state index contributed by atoms with van der Waals surface area (Å²) in [7, 11) is 0. The molecule has 0 radical (unpaired) electrons. The van der Waals surface area contributed by atoms with Crippen molar-refractivity contribution < 1.29 is 8.83 Å². The molecule has 8 aromatic carbocycles. The molecule has 1 aliphatic carbocycles. The minimum atomic E-state index is -0.206. The van der Waals surface area contributed by atoms with Crippen LogP contribution in [0.4, 0.5) is 0 Å². The Hall–Kier alpha value is -7.63. The lowest BCUT2D eigenvalue weighted by Gasteiger charge is -2.23. The fourth-order valence-corrected chi connectivity index (χ4v) is 8.84. The zero-order valence-corrected chi connectivity index (χ0v) is 31.3. The fraction of sp³-hybridized carbons (Fsp3) is 0.0377. The van der Waals surface area contributed by atoms with Crippen LogP contribution in [0.3, 0.4) is 0 Å². The predicted molar refractivity (Wildman–Crippen MR) is 235 cm³/mol. The smallest absolute Gasteiger partial charge is 0.164 e. The lowest BCUT2D eigenvalue weighted by molar-refractivity contribution is 0.587. The lowest BCUT2D eigenvalue weighted by Crippen LogP contribution is -2.13. The van der Waals surface area contributed by atoms with Crippen molar-refractivity contribution in [2.75, 3.05) is 0 Å². The van der Waals surface area contributed by atoms with E-state index >= 15 is 0 Å². The molecule has 0 amide bonds. The maximum atomic E-state index is 6.63. The molecule has 5 nitrogen and oxygen atoms in total. The van der Waals surface area contributed by atoms with Crippen molar-refractivity contribution in [2.24, 2.45) is 0 Å². The van der Waals surface area contributed by atoms with Gasteiger partial charge in [0.1, 0.15) is 28.3 Å². The highest BCUT2D eigenvalue weighted by molar-refractivity contribution is 6.11. The number of furan rings is 2. The quantitative estimate of drug-likeness (QED) is 0.176. The number of aromatic nitrogens is 3. The van der Waals surface area contributed by atoms with Gasteiger partial charge in [-0.25, -0.2) is 15.0 Å². The van der Waals surface area contributed by atoms with Gasteiger partial charge in [0, 0.05) is 32.8 Å². The minimum Gasteiger partial charge on any atom is -0.456 e. The van der Waals surface area contributed by atoms with Crippen molar-refractivity contribution in [3.63, 3.8) is 0 Å². The summed E-state index contributed by atoms with van der Waals surface area (Å²) in [5, 5.41) is 7.94. The Labute approximate surface area is 333 Å². The first-order valence-electron chi connectivity index (χ1n) is 19.7. The van der Waals surface area contributed by atoms with Crippen LogP contribution in [0.5, 0.6) is 0 Å². The molecule has 0 fully saturated rings. The standard InChI is InChI=1S/C53H33N3O2/c1-3-12-36-28-38(26-22-32(36)10-1)34-20-24-35(25-21-34)51-54-52(43-16-9-19-47-49(43)41-14-5-7-17-45(41)57-47)56-53(55-51)44-30-40(39-27-23-33-11-2-4-13-37(33)29-39)31-48-50(44)42-15-6-8-18-46(42)58-48/h1-29,31,44H,30H2. The third kappa shape index (κ3) is 5.35. The van der Waals surface area contributed by atoms with Crippen LogP contribution in [-0.4, -0.2) is 15.0 Å². The van der Waals surface area contributed by atoms with Crippen LogP contribution in [0.1, 0.15) is 35.1 Å². The van der Waals surface area contributed by atoms with E-state index in [0.717, 1.165) is 72.0 Å². The Kier molecular flexibility index (Phi) is 7.29. The lowest BCUT2D eigenvalue weighted by atomic mass is 9.81. The fourth-order valence-electron chi connectivity index (χ4n) is 8.84. The van der Waals surface area contributed by atoms with E-state index in [4.69, 9.17) is 23.8 Å². The number of nitrogens with zero attached hydrogens (tertiary/aromatic N) is 3. The van der Waals surface area contributed by atoms with Crippen molar-refractivity contribution in [2.45, 2.75) is 12.3 Å². The number of benzene rings is 8. The highest BCUT2D eigenvalue weighted by Gasteiger charge is 2.32. The molecule has 0 saturated carbocycles. The maximum Gasteiger partial charge on any atom is 0.164 e. The van der Waals surface area contributed by atoms with Crippen molar-refractivity contribution in [3.8, 4) is 33.9 Å². The second kappa shape index (κ2) is 13.0. The molecule has 0 aliphatic heterocycles. The van der Waals surface area contributed by atoms with E-state index in [1.807, 2.05) is 42.5 Å². The second-order valence-electron chi connectivity index (χ2n) is 15.1. The van der Waals surface area contributed by atoms with E-state index in [1.54, 1.807) is 0 Å². The minimum absolute atomic E-state index is 0.206. The monoisotopic (exact) mass is 743 g/mol. The third-order valence-corrected chi connectivity index (χ3v) is 11.7. The van der Waals surface area contributed by atoms with Gasteiger partial charge >= 0.3 is 0 Å². The first-order chi connectivity index (χ1) is 28.7. The summed E-state index contributed by atoms with van der Waals surface area (Å²) in [5.74, 6) is 2.55. The van der Waals surface area contributed by atoms with Crippen LogP contribution >= 0.6 is 0 Å². The molecule has 58 heavy (non-hydrogen) atoms. The highest BCUT2D eigenvalue weighted by Crippen LogP contribution is 2.46. The molecule has 3 heterocycles. The number of hydrogen-bond donors (Lipinski definition) is 0. The van der Waals surface area contributed by atoms with Crippen molar-refractivity contribution >= 4 is 66.1 Å². The van der Waals surface area contributed by atoms with Gasteiger partial charge in [0.15, 0.2) is 11.6 Å². The Morgan fingerprint density at radius 3 is 1.79 bits per heavy atom. The highest BCUT2D eigenvalue weighted by atomic mass is 16.3. The Morgan fingerprint density at radius 2 is 1.02 bits per heavy atom. The van der Waals surface area contributed by atoms with Crippen LogP contribution in [0.15, 0.2) is 185 Å². The van der Waals surface area contributed by atoms with E-state index < -0.39 is 0 Å². The van der Waals surface area contributed by atoms with Crippen molar-refractivity contribution in [3.05, 3.63) is 199 Å². The first-order valence-corrected chi connectivity index (χ1v) is 19.7. The van der Waals surface area contributed by atoms with Gasteiger partial charge in [0.25, 0.3) is 0 Å². The van der Waals surface area contributed by atoms with Gasteiger partial charge in [-0.05, 0) is 86.6 Å². The van der Waals surface area contributed by atoms with Gasteiger partial charge in [-0.2, -0.15) is 0 Å². The van der Waals surface area contributed by atoms with Gasteiger partial charge in [-0.3, -0.25) is 0 Å². The van der Waals surface area contributed by atoms with Crippen molar-refractivity contribution in [1.82, 2.24) is 15.0 Å². The summed E-state index contributed by atoms with van der Waals surface area (Å²) in [6.45, 7) is 0. The van der Waals surface area contributed by atoms with Gasteiger partial charge < -0.3 is 8.83 Å². The molecular weight excluding hydrogens is 711 g/mol. The van der Waals surface area contributed by atoms with E-state index in [0.29, 0.717) is 23.9 Å². The van der Waals surface area contributed by atoms with Crippen LogP contribution in [0.25, 0.3) is 100 Å². The number of allylic oxidation sites excluding steroid dienone is 1. The largest absolute Gasteiger partial charge is 0.456 e. The van der Waals surface area contributed by atoms with Gasteiger partial charge in [0.2, 0.25) is 0 Å². The van der Waals surface area contributed by atoms with E-state index in [9.17, 15) is 0 Å². The molecule has 1 atom stereocenters. The van der Waals surface area contributed by atoms with Crippen LogP contribution < -0.4 is 0 Å². The summed E-state index contributed by atoms with van der Waals surface area (Å²) in [5.41, 5.74) is 10.0. The summed E-state index contributed by atoms with van der Waals surface area (Å²) in [4.78, 5) is 16.1. The number of para-hydroxylation sites is 2. The van der Waals surface area contributed by atoms with Crippen LogP contribution in [0, 0.1) is 0 Å². The molecular formula is C53H33N3O2. The van der Waals surface area contributed by atoms with Gasteiger partial charge in [-0.15, -0.1) is 0 Å². The molecule has 5 heteroatoms. The molecule has 1 unspecified atom stereocenters. The van der Waals surface area contributed by atoms with Crippen LogP contribution in [0.2, 0.25) is 0 Å². The Balaban J connectivity index is 1.05. The number of fused-ring (bicyclic) bond motifs is 8. The summed E-state index contributed by atoms with van der Waals surface area (Å²) in [6.07, 6.45) is 2.90. The average Bonchev–Trinajstić information content (AvgIpc) is 3.87. The molecule has 12 rings (SSSR count). The molecule has 1 aliphatic rings. The van der Waals surface area contributed by atoms with Gasteiger partial charge in [-0.1, -0.05) is 146 Å². The van der Waals surface area contributed by atoms with Crippen molar-refractivity contribution in [1.29, 1.82) is 0 Å².